The maximum Gasteiger partial charge on any atom is 0.239 e. The van der Waals surface area contributed by atoms with Crippen LogP contribution in [-0.2, 0) is 14.8 Å². The molecule has 15 heteroatoms. The van der Waals surface area contributed by atoms with E-state index in [0.29, 0.717) is 27.5 Å². The fourth-order valence-electron chi connectivity index (χ4n) is 4.95. The molecule has 4 heterocycles. The van der Waals surface area contributed by atoms with Gasteiger partial charge in [0.05, 0.1) is 48.6 Å². The summed E-state index contributed by atoms with van der Waals surface area (Å²) in [5.41, 5.74) is 0.926. The average molecular weight is 652 g/mol. The molecular weight excluding hydrogens is 619 g/mol. The second kappa shape index (κ2) is 12.7. The van der Waals surface area contributed by atoms with Crippen LogP contribution in [0.25, 0.3) is 0 Å². The van der Waals surface area contributed by atoms with Crippen molar-refractivity contribution in [1.82, 2.24) is 19.9 Å². The standard InChI is InChI=1S/C26H32BrFN8O4S/c1-39-25-20(8-9-22(32-25)36-10-4-3-5-23(36)35-11-13-40-14-12-35)31-26-29-16-18(27)24(33-26)30-19-7-6-17(28)15-21(19)34-41(2,37)38/h6-9,15-16,23,34H,3-5,10-14H2,1-2H3,(H2,29,30,31,33). The Morgan fingerprint density at radius 3 is 2.59 bits per heavy atom. The van der Waals surface area contributed by atoms with E-state index in [2.05, 4.69) is 51.1 Å². The van der Waals surface area contributed by atoms with Gasteiger partial charge in [-0.1, -0.05) is 0 Å². The van der Waals surface area contributed by atoms with Crippen LogP contribution < -0.4 is 25.0 Å². The maximum atomic E-state index is 13.8. The number of halogens is 2. The Bertz CT molecular complexity index is 1490. The van der Waals surface area contributed by atoms with E-state index in [0.717, 1.165) is 63.8 Å². The molecule has 1 atom stereocenters. The van der Waals surface area contributed by atoms with Crippen molar-refractivity contribution in [3.63, 3.8) is 0 Å². The molecule has 0 radical (unpaired) electrons. The number of piperidine rings is 1. The zero-order valence-corrected chi connectivity index (χ0v) is 25.1. The minimum atomic E-state index is -3.64. The van der Waals surface area contributed by atoms with Gasteiger partial charge >= 0.3 is 0 Å². The molecule has 2 aliphatic heterocycles. The van der Waals surface area contributed by atoms with Crippen LogP contribution in [0.15, 0.2) is 41.0 Å². The Kier molecular flexibility index (Phi) is 9.06. The Hall–Kier alpha value is -3.27. The number of aromatic nitrogens is 3. The molecule has 3 aromatic rings. The van der Waals surface area contributed by atoms with Gasteiger partial charge in [0.2, 0.25) is 21.9 Å². The molecule has 2 aliphatic rings. The van der Waals surface area contributed by atoms with Gasteiger partial charge in [-0.15, -0.1) is 0 Å². The van der Waals surface area contributed by atoms with Crippen molar-refractivity contribution in [2.24, 2.45) is 0 Å². The zero-order valence-electron chi connectivity index (χ0n) is 22.7. The summed E-state index contributed by atoms with van der Waals surface area (Å²) in [6.07, 6.45) is 6.15. The molecule has 220 valence electrons. The van der Waals surface area contributed by atoms with E-state index in [9.17, 15) is 12.8 Å². The van der Waals surface area contributed by atoms with Crippen molar-refractivity contribution < 1.29 is 22.3 Å². The lowest BCUT2D eigenvalue weighted by molar-refractivity contribution is 0.0106. The van der Waals surface area contributed by atoms with Gasteiger partial charge in [0.25, 0.3) is 0 Å². The molecule has 12 nitrogen and oxygen atoms in total. The van der Waals surface area contributed by atoms with Gasteiger partial charge in [0.15, 0.2) is 0 Å². The predicted molar refractivity (Wildman–Crippen MR) is 159 cm³/mol. The first-order chi connectivity index (χ1) is 19.7. The van der Waals surface area contributed by atoms with Crippen molar-refractivity contribution in [2.45, 2.75) is 25.4 Å². The van der Waals surface area contributed by atoms with E-state index in [1.807, 2.05) is 12.1 Å². The molecule has 0 amide bonds. The quantitative estimate of drug-likeness (QED) is 0.306. The number of anilines is 6. The van der Waals surface area contributed by atoms with Crippen LogP contribution in [0.1, 0.15) is 19.3 Å². The number of benzene rings is 1. The highest BCUT2D eigenvalue weighted by Crippen LogP contribution is 2.34. The first-order valence-corrected chi connectivity index (χ1v) is 15.9. The minimum absolute atomic E-state index is 0.0436. The van der Waals surface area contributed by atoms with Crippen LogP contribution in [0.4, 0.5) is 39.0 Å². The molecule has 41 heavy (non-hydrogen) atoms. The first-order valence-electron chi connectivity index (χ1n) is 13.2. The van der Waals surface area contributed by atoms with Gasteiger partial charge in [0.1, 0.15) is 23.1 Å². The van der Waals surface area contributed by atoms with Crippen molar-refractivity contribution in [2.75, 3.05) is 66.5 Å². The summed E-state index contributed by atoms with van der Waals surface area (Å²) in [7, 11) is -2.08. The van der Waals surface area contributed by atoms with Crippen LogP contribution in [0.5, 0.6) is 5.88 Å². The molecule has 2 saturated heterocycles. The van der Waals surface area contributed by atoms with E-state index >= 15 is 0 Å². The number of nitrogens with zero attached hydrogens (tertiary/aromatic N) is 5. The lowest BCUT2D eigenvalue weighted by Crippen LogP contribution is -2.54. The summed E-state index contributed by atoms with van der Waals surface area (Å²) in [5, 5.41) is 6.19. The zero-order chi connectivity index (χ0) is 29.0. The van der Waals surface area contributed by atoms with Gasteiger partial charge in [-0.2, -0.15) is 9.97 Å². The number of methoxy groups -OCH3 is 1. The molecular formula is C26H32BrFN8O4S. The minimum Gasteiger partial charge on any atom is -0.479 e. The predicted octanol–water partition coefficient (Wildman–Crippen LogP) is 4.29. The van der Waals surface area contributed by atoms with Crippen LogP contribution in [0.3, 0.4) is 0 Å². The Morgan fingerprint density at radius 2 is 1.83 bits per heavy atom. The highest BCUT2D eigenvalue weighted by molar-refractivity contribution is 9.10. The summed E-state index contributed by atoms with van der Waals surface area (Å²) in [6, 6.07) is 7.57. The number of nitrogens with one attached hydrogen (secondary N) is 3. The van der Waals surface area contributed by atoms with Crippen molar-refractivity contribution >= 4 is 60.6 Å². The lowest BCUT2D eigenvalue weighted by atomic mass is 10.1. The number of hydrogen-bond acceptors (Lipinski definition) is 11. The van der Waals surface area contributed by atoms with Gasteiger partial charge in [-0.05, 0) is 59.5 Å². The molecule has 0 bridgehead atoms. The van der Waals surface area contributed by atoms with Gasteiger partial charge in [0, 0.05) is 31.9 Å². The molecule has 1 aromatic carbocycles. The van der Waals surface area contributed by atoms with Crippen LogP contribution in [-0.4, -0.2) is 80.6 Å². The molecule has 2 aromatic heterocycles. The number of ether oxygens (including phenoxy) is 2. The van der Waals surface area contributed by atoms with Crippen molar-refractivity contribution in [1.29, 1.82) is 0 Å². The van der Waals surface area contributed by atoms with E-state index in [1.54, 1.807) is 13.3 Å². The molecule has 3 N–H and O–H groups in total. The fraction of sp³-hybridized carbons (Fsp3) is 0.423. The highest BCUT2D eigenvalue weighted by Gasteiger charge is 2.30. The van der Waals surface area contributed by atoms with Gasteiger partial charge < -0.3 is 25.0 Å². The molecule has 0 saturated carbocycles. The van der Waals surface area contributed by atoms with E-state index in [-0.39, 0.29) is 17.8 Å². The molecule has 1 unspecified atom stereocenters. The first kappa shape index (κ1) is 29.2. The molecule has 2 fully saturated rings. The smallest absolute Gasteiger partial charge is 0.239 e. The maximum absolute atomic E-state index is 13.8. The lowest BCUT2D eigenvalue weighted by Gasteiger charge is -2.44. The van der Waals surface area contributed by atoms with E-state index in [1.165, 1.54) is 18.6 Å². The van der Waals surface area contributed by atoms with Crippen LogP contribution >= 0.6 is 15.9 Å². The van der Waals surface area contributed by atoms with E-state index in [4.69, 9.17) is 14.5 Å². The summed E-state index contributed by atoms with van der Waals surface area (Å²) in [6.45, 7) is 4.20. The van der Waals surface area contributed by atoms with Gasteiger partial charge in [-0.25, -0.2) is 17.8 Å². The third-order valence-corrected chi connectivity index (χ3v) is 7.96. The summed E-state index contributed by atoms with van der Waals surface area (Å²) in [4.78, 5) is 18.5. The Labute approximate surface area is 246 Å². The summed E-state index contributed by atoms with van der Waals surface area (Å²) < 4.78 is 51.4. The molecule has 0 aliphatic carbocycles. The monoisotopic (exact) mass is 650 g/mol. The highest BCUT2D eigenvalue weighted by atomic mass is 79.9. The fourth-order valence-corrected chi connectivity index (χ4v) is 5.81. The number of sulfonamides is 1. The third kappa shape index (κ3) is 7.33. The van der Waals surface area contributed by atoms with Crippen molar-refractivity contribution in [3.05, 3.63) is 46.8 Å². The Morgan fingerprint density at radius 1 is 1.05 bits per heavy atom. The number of rotatable bonds is 9. The SMILES string of the molecule is COc1nc(N2CCCCC2N2CCOCC2)ccc1Nc1ncc(Br)c(Nc2ccc(F)cc2NS(C)(=O)=O)n1. The number of hydrogen-bond donors (Lipinski definition) is 3. The summed E-state index contributed by atoms with van der Waals surface area (Å²) >= 11 is 3.41. The van der Waals surface area contributed by atoms with Crippen LogP contribution in [0, 0.1) is 5.82 Å². The van der Waals surface area contributed by atoms with Crippen molar-refractivity contribution in [3.8, 4) is 5.88 Å². The van der Waals surface area contributed by atoms with Crippen LogP contribution in [0.2, 0.25) is 0 Å². The number of morpholine rings is 1. The second-order valence-corrected chi connectivity index (χ2v) is 12.4. The topological polar surface area (TPSA) is 134 Å². The largest absolute Gasteiger partial charge is 0.479 e. The molecule has 0 spiro atoms. The average Bonchev–Trinajstić information content (AvgIpc) is 2.96. The van der Waals surface area contributed by atoms with Gasteiger partial charge in [-0.3, -0.25) is 9.62 Å². The third-order valence-electron chi connectivity index (χ3n) is 6.79. The Balaban J connectivity index is 1.37. The number of pyridine rings is 1. The molecule has 5 rings (SSSR count). The second-order valence-electron chi connectivity index (χ2n) is 9.75. The summed E-state index contributed by atoms with van der Waals surface area (Å²) in [5.74, 6) is 1.22. The normalized spacial score (nSPS) is 18.1. The van der Waals surface area contributed by atoms with E-state index < -0.39 is 15.8 Å².